The van der Waals surface area contributed by atoms with E-state index in [4.69, 9.17) is 0 Å². The summed E-state index contributed by atoms with van der Waals surface area (Å²) >= 11 is 0. The Kier molecular flexibility index (Phi) is 3.79. The number of benzene rings is 1. The highest BCUT2D eigenvalue weighted by atomic mass is 16.2. The van der Waals surface area contributed by atoms with Crippen LogP contribution in [0.1, 0.15) is 47.2 Å². The minimum Gasteiger partial charge on any atom is -0.334 e. The molecule has 2 fully saturated rings. The van der Waals surface area contributed by atoms with Crippen molar-refractivity contribution in [2.75, 3.05) is 13.1 Å². The number of aryl methyl sites for hydroxylation is 2. The maximum atomic E-state index is 13.0. The number of carbonyl (C=O) groups is 1. The van der Waals surface area contributed by atoms with E-state index >= 15 is 0 Å². The van der Waals surface area contributed by atoms with Crippen LogP contribution in [0, 0.1) is 13.8 Å². The Labute approximate surface area is 121 Å². The van der Waals surface area contributed by atoms with Crippen LogP contribution < -0.4 is 5.32 Å². The Morgan fingerprint density at radius 2 is 1.95 bits per heavy atom. The third-order valence-corrected chi connectivity index (χ3v) is 4.52. The maximum absolute atomic E-state index is 13.0. The smallest absolute Gasteiger partial charge is 0.254 e. The molecule has 1 atom stereocenters. The summed E-state index contributed by atoms with van der Waals surface area (Å²) in [6.07, 6.45) is 4.77. The van der Waals surface area contributed by atoms with Gasteiger partial charge in [0.15, 0.2) is 0 Å². The third-order valence-electron chi connectivity index (χ3n) is 4.52. The molecule has 3 nitrogen and oxygen atoms in total. The van der Waals surface area contributed by atoms with E-state index in [1.54, 1.807) is 0 Å². The van der Waals surface area contributed by atoms with Crippen LogP contribution in [0.15, 0.2) is 18.2 Å². The van der Waals surface area contributed by atoms with Crippen molar-refractivity contribution < 1.29 is 4.79 Å². The molecule has 1 heterocycles. The normalized spacial score (nSPS) is 22.0. The van der Waals surface area contributed by atoms with Crippen LogP contribution in [0.2, 0.25) is 0 Å². The summed E-state index contributed by atoms with van der Waals surface area (Å²) in [4.78, 5) is 15.1. The molecule has 1 aliphatic carbocycles. The lowest BCUT2D eigenvalue weighted by molar-refractivity contribution is 0.0727. The van der Waals surface area contributed by atoms with E-state index in [0.29, 0.717) is 12.1 Å². The van der Waals surface area contributed by atoms with Gasteiger partial charge in [-0.25, -0.2) is 0 Å². The van der Waals surface area contributed by atoms with Crippen molar-refractivity contribution in [3.63, 3.8) is 0 Å². The third kappa shape index (κ3) is 2.73. The van der Waals surface area contributed by atoms with Crippen molar-refractivity contribution in [2.45, 2.75) is 51.6 Å². The molecule has 0 spiro atoms. The molecule has 3 heteroatoms. The molecule has 0 radical (unpaired) electrons. The fourth-order valence-corrected chi connectivity index (χ4v) is 3.23. The fourth-order valence-electron chi connectivity index (χ4n) is 3.23. The van der Waals surface area contributed by atoms with E-state index in [-0.39, 0.29) is 5.91 Å². The molecule has 0 aromatic heterocycles. The summed E-state index contributed by atoms with van der Waals surface area (Å²) in [5.41, 5.74) is 3.11. The van der Waals surface area contributed by atoms with Gasteiger partial charge in [-0.2, -0.15) is 0 Å². The Morgan fingerprint density at radius 3 is 2.50 bits per heavy atom. The Balaban J connectivity index is 1.81. The van der Waals surface area contributed by atoms with Gasteiger partial charge in [0.25, 0.3) is 5.91 Å². The van der Waals surface area contributed by atoms with Gasteiger partial charge in [-0.1, -0.05) is 18.2 Å². The lowest BCUT2D eigenvalue weighted by Crippen LogP contribution is -2.42. The van der Waals surface area contributed by atoms with E-state index in [0.717, 1.165) is 29.8 Å². The number of nitrogens with zero attached hydrogens (tertiary/aromatic N) is 1. The summed E-state index contributed by atoms with van der Waals surface area (Å²) in [6, 6.07) is 7.08. The van der Waals surface area contributed by atoms with E-state index in [1.807, 2.05) is 32.0 Å². The first kappa shape index (κ1) is 13.6. The molecule has 1 unspecified atom stereocenters. The first-order valence-corrected chi connectivity index (χ1v) is 7.77. The van der Waals surface area contributed by atoms with Crippen LogP contribution in [0.25, 0.3) is 0 Å². The maximum Gasteiger partial charge on any atom is 0.254 e. The highest BCUT2D eigenvalue weighted by Gasteiger charge is 2.35. The SMILES string of the molecule is Cc1cccc(C)c1C(=O)N(CC1CCCN1)C1CC1. The van der Waals surface area contributed by atoms with Gasteiger partial charge in [-0.05, 0) is 57.2 Å². The van der Waals surface area contributed by atoms with E-state index in [2.05, 4.69) is 10.2 Å². The van der Waals surface area contributed by atoms with Gasteiger partial charge in [0.2, 0.25) is 0 Å². The zero-order valence-corrected chi connectivity index (χ0v) is 12.5. The van der Waals surface area contributed by atoms with Gasteiger partial charge in [0.1, 0.15) is 0 Å². The molecule has 20 heavy (non-hydrogen) atoms. The highest BCUT2D eigenvalue weighted by molar-refractivity contribution is 5.97. The number of nitrogens with one attached hydrogen (secondary N) is 1. The monoisotopic (exact) mass is 272 g/mol. The van der Waals surface area contributed by atoms with Crippen molar-refractivity contribution >= 4 is 5.91 Å². The Bertz CT molecular complexity index is 481. The average Bonchev–Trinajstić information content (AvgIpc) is 3.12. The molecule has 1 amide bonds. The average molecular weight is 272 g/mol. The zero-order chi connectivity index (χ0) is 14.1. The van der Waals surface area contributed by atoms with E-state index in [9.17, 15) is 4.79 Å². The topological polar surface area (TPSA) is 32.3 Å². The fraction of sp³-hybridized carbons (Fsp3) is 0.588. The molecule has 1 aliphatic heterocycles. The predicted octanol–water partition coefficient (Wildman–Crippen LogP) is 2.66. The van der Waals surface area contributed by atoms with Gasteiger partial charge in [-0.3, -0.25) is 4.79 Å². The molecule has 1 saturated carbocycles. The van der Waals surface area contributed by atoms with E-state index in [1.165, 1.54) is 25.7 Å². The van der Waals surface area contributed by atoms with Crippen LogP contribution in [0.4, 0.5) is 0 Å². The molecular formula is C17H24N2O. The summed E-state index contributed by atoms with van der Waals surface area (Å²) in [7, 11) is 0. The van der Waals surface area contributed by atoms with Crippen molar-refractivity contribution in [3.05, 3.63) is 34.9 Å². The van der Waals surface area contributed by atoms with Crippen molar-refractivity contribution in [1.29, 1.82) is 0 Å². The lowest BCUT2D eigenvalue weighted by atomic mass is 10.0. The second-order valence-corrected chi connectivity index (χ2v) is 6.25. The molecule has 108 valence electrons. The Hall–Kier alpha value is -1.35. The van der Waals surface area contributed by atoms with Crippen LogP contribution in [-0.4, -0.2) is 36.0 Å². The molecule has 1 aromatic carbocycles. The predicted molar refractivity (Wildman–Crippen MR) is 81.0 cm³/mol. The standard InChI is InChI=1S/C17H24N2O/c1-12-5-3-6-13(2)16(12)17(20)19(15-8-9-15)11-14-7-4-10-18-14/h3,5-6,14-15,18H,4,7-11H2,1-2H3. The second-order valence-electron chi connectivity index (χ2n) is 6.25. The van der Waals surface area contributed by atoms with Crippen molar-refractivity contribution in [1.82, 2.24) is 10.2 Å². The Morgan fingerprint density at radius 1 is 1.25 bits per heavy atom. The van der Waals surface area contributed by atoms with Gasteiger partial charge in [0.05, 0.1) is 0 Å². The summed E-state index contributed by atoms with van der Waals surface area (Å²) in [6.45, 7) is 6.05. The van der Waals surface area contributed by atoms with Gasteiger partial charge in [0, 0.05) is 24.2 Å². The molecule has 2 aliphatic rings. The number of amides is 1. The summed E-state index contributed by atoms with van der Waals surface area (Å²) in [5, 5.41) is 3.51. The van der Waals surface area contributed by atoms with Crippen LogP contribution in [0.5, 0.6) is 0 Å². The van der Waals surface area contributed by atoms with Crippen LogP contribution in [-0.2, 0) is 0 Å². The van der Waals surface area contributed by atoms with Crippen molar-refractivity contribution in [2.24, 2.45) is 0 Å². The van der Waals surface area contributed by atoms with Gasteiger partial charge >= 0.3 is 0 Å². The summed E-state index contributed by atoms with van der Waals surface area (Å²) in [5.74, 6) is 0.233. The molecular weight excluding hydrogens is 248 g/mol. The lowest BCUT2D eigenvalue weighted by Gasteiger charge is -2.27. The zero-order valence-electron chi connectivity index (χ0n) is 12.5. The minimum atomic E-state index is 0.233. The highest BCUT2D eigenvalue weighted by Crippen LogP contribution is 2.30. The first-order chi connectivity index (χ1) is 9.66. The van der Waals surface area contributed by atoms with Crippen molar-refractivity contribution in [3.8, 4) is 0 Å². The molecule has 1 N–H and O–H groups in total. The molecule has 1 saturated heterocycles. The van der Waals surface area contributed by atoms with Crippen LogP contribution in [0.3, 0.4) is 0 Å². The molecule has 0 bridgehead atoms. The minimum absolute atomic E-state index is 0.233. The van der Waals surface area contributed by atoms with Gasteiger partial charge in [-0.15, -0.1) is 0 Å². The number of carbonyl (C=O) groups excluding carboxylic acids is 1. The second kappa shape index (κ2) is 5.57. The largest absolute Gasteiger partial charge is 0.334 e. The van der Waals surface area contributed by atoms with Gasteiger partial charge < -0.3 is 10.2 Å². The van der Waals surface area contributed by atoms with Crippen LogP contribution >= 0.6 is 0 Å². The number of hydrogen-bond donors (Lipinski definition) is 1. The molecule has 3 rings (SSSR count). The molecule has 1 aromatic rings. The number of rotatable bonds is 4. The van der Waals surface area contributed by atoms with E-state index < -0.39 is 0 Å². The summed E-state index contributed by atoms with van der Waals surface area (Å²) < 4.78 is 0. The quantitative estimate of drug-likeness (QED) is 0.914. The number of hydrogen-bond acceptors (Lipinski definition) is 2. The first-order valence-electron chi connectivity index (χ1n) is 7.77.